The fourth-order valence-electron chi connectivity index (χ4n) is 2.41. The second-order valence-electron chi connectivity index (χ2n) is 5.17. The van der Waals surface area contributed by atoms with Gasteiger partial charge in [0.25, 0.3) is 11.6 Å². The molecule has 0 spiro atoms. The zero-order valence-electron chi connectivity index (χ0n) is 12.2. The number of cyclic esters (lactones) is 1. The Morgan fingerprint density at radius 3 is 2.75 bits per heavy atom. The van der Waals surface area contributed by atoms with E-state index in [0.29, 0.717) is 15.7 Å². The highest BCUT2D eigenvalue weighted by molar-refractivity contribution is 9.10. The molecule has 1 aliphatic heterocycles. The van der Waals surface area contributed by atoms with Gasteiger partial charge in [-0.3, -0.25) is 14.9 Å². The lowest BCUT2D eigenvalue weighted by atomic mass is 9.98. The first-order valence-electron chi connectivity index (χ1n) is 6.99. The standard InChI is InChI=1S/C16H11BrN2O5/c17-12-8-10(19(22)23)5-6-13(12)18-15(20)14-7-9-3-1-2-4-11(9)16(21)24-14/h1-6,8,14H,7H2,(H,18,20). The van der Waals surface area contributed by atoms with Gasteiger partial charge in [0, 0.05) is 23.0 Å². The maximum Gasteiger partial charge on any atom is 0.339 e. The number of halogens is 1. The van der Waals surface area contributed by atoms with Gasteiger partial charge in [0.2, 0.25) is 0 Å². The van der Waals surface area contributed by atoms with Crippen LogP contribution in [0.5, 0.6) is 0 Å². The fraction of sp³-hybridized carbons (Fsp3) is 0.125. The predicted molar refractivity (Wildman–Crippen MR) is 88.8 cm³/mol. The van der Waals surface area contributed by atoms with Crippen molar-refractivity contribution in [3.05, 3.63) is 68.2 Å². The number of ether oxygens (including phenoxy) is 1. The third-order valence-corrected chi connectivity index (χ3v) is 4.26. The van der Waals surface area contributed by atoms with E-state index < -0.39 is 22.9 Å². The molecule has 0 saturated carbocycles. The third-order valence-electron chi connectivity index (χ3n) is 3.61. The first-order chi connectivity index (χ1) is 11.5. The van der Waals surface area contributed by atoms with Crippen LogP contribution in [0.15, 0.2) is 46.9 Å². The van der Waals surface area contributed by atoms with Crippen molar-refractivity contribution in [3.63, 3.8) is 0 Å². The predicted octanol–water partition coefficient (Wildman–Crippen LogP) is 3.08. The number of nitro groups is 1. The maximum absolute atomic E-state index is 12.4. The number of anilines is 1. The van der Waals surface area contributed by atoms with Crippen LogP contribution >= 0.6 is 15.9 Å². The van der Waals surface area contributed by atoms with Crippen LogP contribution in [0.4, 0.5) is 11.4 Å². The van der Waals surface area contributed by atoms with E-state index in [2.05, 4.69) is 21.2 Å². The Morgan fingerprint density at radius 1 is 1.29 bits per heavy atom. The lowest BCUT2D eigenvalue weighted by Gasteiger charge is -2.23. The van der Waals surface area contributed by atoms with E-state index in [-0.39, 0.29) is 12.1 Å². The van der Waals surface area contributed by atoms with Gasteiger partial charge in [0.05, 0.1) is 16.2 Å². The summed E-state index contributed by atoms with van der Waals surface area (Å²) in [5, 5.41) is 13.3. The molecule has 1 atom stereocenters. The van der Waals surface area contributed by atoms with Crippen LogP contribution in [0.25, 0.3) is 0 Å². The molecule has 0 bridgehead atoms. The molecule has 2 aromatic rings. The van der Waals surface area contributed by atoms with Gasteiger partial charge in [-0.05, 0) is 33.6 Å². The van der Waals surface area contributed by atoms with E-state index in [1.165, 1.54) is 18.2 Å². The number of esters is 1. The van der Waals surface area contributed by atoms with Crippen molar-refractivity contribution in [2.24, 2.45) is 0 Å². The van der Waals surface area contributed by atoms with Gasteiger partial charge >= 0.3 is 5.97 Å². The Bertz CT molecular complexity index is 852. The van der Waals surface area contributed by atoms with Gasteiger partial charge in [-0.25, -0.2) is 4.79 Å². The number of carbonyl (C=O) groups is 2. The molecule has 0 radical (unpaired) electrons. The highest BCUT2D eigenvalue weighted by Gasteiger charge is 2.31. The van der Waals surface area contributed by atoms with Gasteiger partial charge in [-0.2, -0.15) is 0 Å². The van der Waals surface area contributed by atoms with Crippen LogP contribution in [-0.4, -0.2) is 22.9 Å². The Kier molecular flexibility index (Phi) is 4.30. The SMILES string of the molecule is O=C1OC(C(=O)Nc2ccc([N+](=O)[O-])cc2Br)Cc2ccccc21. The number of non-ortho nitro benzene ring substituents is 1. The molecule has 2 aromatic carbocycles. The zero-order valence-corrected chi connectivity index (χ0v) is 13.8. The van der Waals surface area contributed by atoms with Crippen LogP contribution in [0.3, 0.4) is 0 Å². The lowest BCUT2D eigenvalue weighted by molar-refractivity contribution is -0.384. The second-order valence-corrected chi connectivity index (χ2v) is 6.02. The molecule has 1 unspecified atom stereocenters. The molecule has 1 heterocycles. The summed E-state index contributed by atoms with van der Waals surface area (Å²) in [5.41, 5.74) is 1.47. The van der Waals surface area contributed by atoms with Crippen molar-refractivity contribution in [1.82, 2.24) is 0 Å². The van der Waals surface area contributed by atoms with Crippen molar-refractivity contribution in [1.29, 1.82) is 0 Å². The largest absolute Gasteiger partial charge is 0.448 e. The van der Waals surface area contributed by atoms with Gasteiger partial charge in [0.15, 0.2) is 6.10 Å². The summed E-state index contributed by atoms with van der Waals surface area (Å²) in [4.78, 5) is 34.5. The Hall–Kier alpha value is -2.74. The second kappa shape index (κ2) is 6.40. The molecule has 3 rings (SSSR count). The molecule has 1 aliphatic rings. The summed E-state index contributed by atoms with van der Waals surface area (Å²) >= 11 is 3.18. The van der Waals surface area contributed by atoms with Gasteiger partial charge in [-0.15, -0.1) is 0 Å². The number of rotatable bonds is 3. The van der Waals surface area contributed by atoms with Gasteiger partial charge in [0.1, 0.15) is 0 Å². The average Bonchev–Trinajstić information content (AvgIpc) is 2.56. The number of hydrogen-bond donors (Lipinski definition) is 1. The Morgan fingerprint density at radius 2 is 2.04 bits per heavy atom. The zero-order chi connectivity index (χ0) is 17.3. The number of benzene rings is 2. The summed E-state index contributed by atoms with van der Waals surface area (Å²) in [6.45, 7) is 0. The van der Waals surface area contributed by atoms with E-state index in [0.717, 1.165) is 5.56 Å². The molecule has 1 amide bonds. The molecular formula is C16H11BrN2O5. The molecule has 0 fully saturated rings. The van der Waals surface area contributed by atoms with Crippen LogP contribution in [0.1, 0.15) is 15.9 Å². The number of fused-ring (bicyclic) bond motifs is 1. The molecule has 7 nitrogen and oxygen atoms in total. The van der Waals surface area contributed by atoms with Crippen molar-refractivity contribution < 1.29 is 19.2 Å². The number of nitro benzene ring substituents is 1. The summed E-state index contributed by atoms with van der Waals surface area (Å²) in [7, 11) is 0. The van der Waals surface area contributed by atoms with E-state index >= 15 is 0 Å². The van der Waals surface area contributed by atoms with Gasteiger partial charge in [-0.1, -0.05) is 18.2 Å². The first-order valence-corrected chi connectivity index (χ1v) is 7.78. The molecule has 24 heavy (non-hydrogen) atoms. The normalized spacial score (nSPS) is 16.0. The van der Waals surface area contributed by atoms with Crippen molar-refractivity contribution >= 4 is 39.2 Å². The quantitative estimate of drug-likeness (QED) is 0.493. The Labute approximate surface area is 144 Å². The average molecular weight is 391 g/mol. The highest BCUT2D eigenvalue weighted by atomic mass is 79.9. The molecule has 8 heteroatoms. The minimum atomic E-state index is -0.950. The smallest absolute Gasteiger partial charge is 0.339 e. The van der Waals surface area contributed by atoms with Crippen LogP contribution < -0.4 is 5.32 Å². The van der Waals surface area contributed by atoms with Crippen molar-refractivity contribution in [2.75, 3.05) is 5.32 Å². The van der Waals surface area contributed by atoms with Crippen LogP contribution in [0, 0.1) is 10.1 Å². The number of hydrogen-bond acceptors (Lipinski definition) is 5. The first kappa shape index (κ1) is 16.1. The molecule has 0 aliphatic carbocycles. The van der Waals surface area contributed by atoms with Crippen LogP contribution in [-0.2, 0) is 16.0 Å². The minimum absolute atomic E-state index is 0.0992. The molecule has 122 valence electrons. The number of nitrogens with one attached hydrogen (secondary N) is 1. The van der Waals surface area contributed by atoms with Crippen molar-refractivity contribution in [3.8, 4) is 0 Å². The van der Waals surface area contributed by atoms with Gasteiger partial charge < -0.3 is 10.1 Å². The number of nitrogens with zero attached hydrogens (tertiary/aromatic N) is 1. The third kappa shape index (κ3) is 3.13. The summed E-state index contributed by atoms with van der Waals surface area (Å²) in [6, 6.07) is 10.9. The Balaban J connectivity index is 1.77. The highest BCUT2D eigenvalue weighted by Crippen LogP contribution is 2.28. The van der Waals surface area contributed by atoms with E-state index in [4.69, 9.17) is 4.74 Å². The van der Waals surface area contributed by atoms with Crippen LogP contribution in [0.2, 0.25) is 0 Å². The summed E-state index contributed by atoms with van der Waals surface area (Å²) in [6.07, 6.45) is -0.673. The number of carbonyl (C=O) groups excluding carboxylic acids is 2. The van der Waals surface area contributed by atoms with E-state index in [1.807, 2.05) is 0 Å². The van der Waals surface area contributed by atoms with Crippen molar-refractivity contribution in [2.45, 2.75) is 12.5 Å². The monoisotopic (exact) mass is 390 g/mol. The van der Waals surface area contributed by atoms with E-state index in [9.17, 15) is 19.7 Å². The molecule has 1 N–H and O–H groups in total. The number of amides is 1. The van der Waals surface area contributed by atoms with E-state index in [1.54, 1.807) is 24.3 Å². The molecular weight excluding hydrogens is 380 g/mol. The molecule has 0 saturated heterocycles. The molecule has 0 aromatic heterocycles. The minimum Gasteiger partial charge on any atom is -0.448 e. The summed E-state index contributed by atoms with van der Waals surface area (Å²) < 4.78 is 5.54. The fourth-order valence-corrected chi connectivity index (χ4v) is 2.88. The lowest BCUT2D eigenvalue weighted by Crippen LogP contribution is -2.38. The maximum atomic E-state index is 12.4. The summed E-state index contributed by atoms with van der Waals surface area (Å²) in [5.74, 6) is -1.04. The topological polar surface area (TPSA) is 98.5 Å².